The molecule has 0 N–H and O–H groups in total. The molecule has 0 aliphatic heterocycles. The van der Waals surface area contributed by atoms with Crippen molar-refractivity contribution in [3.8, 4) is 0 Å². The molecule has 0 heterocycles. The second-order valence-corrected chi connectivity index (χ2v) is 6.89. The Balaban J connectivity index is 1.61. The zero-order valence-corrected chi connectivity index (χ0v) is 11.1. The van der Waals surface area contributed by atoms with E-state index in [0.29, 0.717) is 5.92 Å². The topological polar surface area (TPSA) is 26.3 Å². The Labute approximate surface area is 104 Å². The van der Waals surface area contributed by atoms with Crippen LogP contribution in [0.5, 0.6) is 0 Å². The lowest BCUT2D eigenvalue weighted by Gasteiger charge is -2.30. The fraction of sp³-hybridized carbons (Fsp3) is 0.933. The van der Waals surface area contributed by atoms with Crippen molar-refractivity contribution in [2.75, 3.05) is 0 Å². The number of hydrogen-bond acceptors (Lipinski definition) is 2. The van der Waals surface area contributed by atoms with E-state index in [0.717, 1.165) is 31.1 Å². The van der Waals surface area contributed by atoms with Gasteiger partial charge >= 0.3 is 5.97 Å². The van der Waals surface area contributed by atoms with E-state index in [4.69, 9.17) is 4.74 Å². The van der Waals surface area contributed by atoms with E-state index in [2.05, 4.69) is 13.8 Å². The van der Waals surface area contributed by atoms with Gasteiger partial charge in [0.1, 0.15) is 5.60 Å². The minimum Gasteiger partial charge on any atom is -0.459 e. The Morgan fingerprint density at radius 2 is 1.82 bits per heavy atom. The fourth-order valence-electron chi connectivity index (χ4n) is 4.40. The second kappa shape index (κ2) is 4.00. The summed E-state index contributed by atoms with van der Waals surface area (Å²) in [5.41, 5.74) is -0.134. The minimum absolute atomic E-state index is 0.119. The van der Waals surface area contributed by atoms with Gasteiger partial charge in [-0.25, -0.2) is 0 Å². The van der Waals surface area contributed by atoms with E-state index in [-0.39, 0.29) is 17.5 Å². The second-order valence-electron chi connectivity index (χ2n) is 6.89. The summed E-state index contributed by atoms with van der Waals surface area (Å²) in [5.74, 6) is 2.62. The fourth-order valence-corrected chi connectivity index (χ4v) is 4.40. The Kier molecular flexibility index (Phi) is 2.72. The zero-order chi connectivity index (χ0) is 12.0. The van der Waals surface area contributed by atoms with Crippen LogP contribution in [0.4, 0.5) is 0 Å². The first-order chi connectivity index (χ1) is 8.07. The van der Waals surface area contributed by atoms with Crippen LogP contribution in [-0.2, 0) is 9.53 Å². The average Bonchev–Trinajstić information content (AvgIpc) is 2.92. The minimum atomic E-state index is -0.134. The first kappa shape index (κ1) is 11.6. The summed E-state index contributed by atoms with van der Waals surface area (Å²) >= 11 is 0. The predicted octanol–water partition coefficient (Wildman–Crippen LogP) is 3.54. The van der Waals surface area contributed by atoms with Crippen LogP contribution in [0.3, 0.4) is 0 Å². The Morgan fingerprint density at radius 3 is 2.35 bits per heavy atom. The van der Waals surface area contributed by atoms with E-state index in [9.17, 15) is 4.79 Å². The molecule has 0 spiro atoms. The molecule has 0 aromatic heterocycles. The van der Waals surface area contributed by atoms with Gasteiger partial charge in [-0.3, -0.25) is 4.79 Å². The molecule has 3 aliphatic carbocycles. The number of carbonyl (C=O) groups is 1. The SMILES string of the molecule is CC1CC2CC1CC2C(=O)OC1(C)CCCC1. The first-order valence-corrected chi connectivity index (χ1v) is 7.30. The molecule has 4 unspecified atom stereocenters. The van der Waals surface area contributed by atoms with Crippen LogP contribution in [-0.4, -0.2) is 11.6 Å². The highest BCUT2D eigenvalue weighted by molar-refractivity contribution is 5.74. The zero-order valence-electron chi connectivity index (χ0n) is 11.1. The maximum Gasteiger partial charge on any atom is 0.309 e. The Hall–Kier alpha value is -0.530. The molecule has 2 heteroatoms. The van der Waals surface area contributed by atoms with Gasteiger partial charge in [-0.15, -0.1) is 0 Å². The summed E-state index contributed by atoms with van der Waals surface area (Å²) in [6, 6.07) is 0. The van der Waals surface area contributed by atoms with Crippen LogP contribution in [0, 0.1) is 23.7 Å². The van der Waals surface area contributed by atoms with Crippen LogP contribution >= 0.6 is 0 Å². The molecule has 4 atom stereocenters. The van der Waals surface area contributed by atoms with Crippen molar-refractivity contribution >= 4 is 5.97 Å². The monoisotopic (exact) mass is 236 g/mol. The van der Waals surface area contributed by atoms with Gasteiger partial charge in [-0.05, 0) is 69.6 Å². The van der Waals surface area contributed by atoms with Crippen LogP contribution in [0.1, 0.15) is 58.8 Å². The van der Waals surface area contributed by atoms with Gasteiger partial charge in [0.2, 0.25) is 0 Å². The van der Waals surface area contributed by atoms with Crippen molar-refractivity contribution in [2.24, 2.45) is 23.7 Å². The van der Waals surface area contributed by atoms with Crippen LogP contribution < -0.4 is 0 Å². The third kappa shape index (κ3) is 2.00. The number of fused-ring (bicyclic) bond motifs is 2. The number of ether oxygens (including phenoxy) is 1. The number of carbonyl (C=O) groups excluding carboxylic acids is 1. The van der Waals surface area contributed by atoms with E-state index in [1.807, 2.05) is 0 Å². The molecular formula is C15H24O2. The largest absolute Gasteiger partial charge is 0.459 e. The molecule has 17 heavy (non-hydrogen) atoms. The van der Waals surface area contributed by atoms with Crippen molar-refractivity contribution < 1.29 is 9.53 Å². The lowest BCUT2D eigenvalue weighted by Crippen LogP contribution is -2.34. The maximum absolute atomic E-state index is 12.3. The van der Waals surface area contributed by atoms with E-state index < -0.39 is 0 Å². The molecule has 96 valence electrons. The van der Waals surface area contributed by atoms with Gasteiger partial charge in [-0.2, -0.15) is 0 Å². The molecule has 0 aromatic rings. The van der Waals surface area contributed by atoms with Gasteiger partial charge in [-0.1, -0.05) is 6.92 Å². The highest BCUT2D eigenvalue weighted by Gasteiger charge is 2.48. The average molecular weight is 236 g/mol. The highest BCUT2D eigenvalue weighted by Crippen LogP contribution is 2.52. The third-order valence-electron chi connectivity index (χ3n) is 5.52. The standard InChI is InChI=1S/C15H24O2/c1-10-7-12-8-11(10)9-13(12)14(16)17-15(2)5-3-4-6-15/h10-13H,3-9H2,1-2H3. The molecule has 3 saturated carbocycles. The smallest absolute Gasteiger partial charge is 0.309 e. The van der Waals surface area contributed by atoms with Crippen molar-refractivity contribution in [1.29, 1.82) is 0 Å². The molecular weight excluding hydrogens is 212 g/mol. The normalized spacial score (nSPS) is 42.9. The lowest BCUT2D eigenvalue weighted by atomic mass is 9.83. The molecule has 0 radical (unpaired) electrons. The molecule has 3 rings (SSSR count). The molecule has 2 nitrogen and oxygen atoms in total. The quantitative estimate of drug-likeness (QED) is 0.685. The summed E-state index contributed by atoms with van der Waals surface area (Å²) in [7, 11) is 0. The maximum atomic E-state index is 12.3. The number of hydrogen-bond donors (Lipinski definition) is 0. The summed E-state index contributed by atoms with van der Waals surface area (Å²) in [5, 5.41) is 0. The van der Waals surface area contributed by atoms with Crippen LogP contribution in [0.15, 0.2) is 0 Å². The Bertz CT molecular complexity index is 315. The third-order valence-corrected chi connectivity index (χ3v) is 5.52. The summed E-state index contributed by atoms with van der Waals surface area (Å²) < 4.78 is 5.83. The van der Waals surface area contributed by atoms with Crippen molar-refractivity contribution in [3.63, 3.8) is 0 Å². The molecule has 2 bridgehead atoms. The lowest BCUT2D eigenvalue weighted by molar-refractivity contribution is -0.164. The molecule has 0 saturated heterocycles. The molecule has 3 aliphatic rings. The van der Waals surface area contributed by atoms with Gasteiger partial charge in [0, 0.05) is 0 Å². The Morgan fingerprint density at radius 1 is 1.12 bits per heavy atom. The van der Waals surface area contributed by atoms with Gasteiger partial charge < -0.3 is 4.74 Å². The number of esters is 1. The summed E-state index contributed by atoms with van der Waals surface area (Å²) in [6.45, 7) is 4.46. The molecule has 3 fully saturated rings. The van der Waals surface area contributed by atoms with Gasteiger partial charge in [0.15, 0.2) is 0 Å². The molecule has 0 aromatic carbocycles. The van der Waals surface area contributed by atoms with Crippen LogP contribution in [0.25, 0.3) is 0 Å². The van der Waals surface area contributed by atoms with Gasteiger partial charge in [0.25, 0.3) is 0 Å². The van der Waals surface area contributed by atoms with Crippen molar-refractivity contribution in [1.82, 2.24) is 0 Å². The van der Waals surface area contributed by atoms with E-state index in [1.165, 1.54) is 25.7 Å². The van der Waals surface area contributed by atoms with Crippen molar-refractivity contribution in [2.45, 2.75) is 64.4 Å². The van der Waals surface area contributed by atoms with E-state index >= 15 is 0 Å². The highest BCUT2D eigenvalue weighted by atomic mass is 16.6. The predicted molar refractivity (Wildman–Crippen MR) is 66.5 cm³/mol. The van der Waals surface area contributed by atoms with Crippen LogP contribution in [0.2, 0.25) is 0 Å². The van der Waals surface area contributed by atoms with Crippen molar-refractivity contribution in [3.05, 3.63) is 0 Å². The molecule has 0 amide bonds. The van der Waals surface area contributed by atoms with Gasteiger partial charge in [0.05, 0.1) is 5.92 Å². The number of rotatable bonds is 2. The summed E-state index contributed by atoms with van der Waals surface area (Å²) in [4.78, 5) is 12.3. The summed E-state index contributed by atoms with van der Waals surface area (Å²) in [6.07, 6.45) is 8.19. The van der Waals surface area contributed by atoms with E-state index in [1.54, 1.807) is 0 Å². The first-order valence-electron chi connectivity index (χ1n) is 7.30.